The van der Waals surface area contributed by atoms with Crippen molar-refractivity contribution in [3.05, 3.63) is 33.8 Å². The molecule has 0 fully saturated rings. The number of aliphatic imine (C=N–C) groups is 1. The van der Waals surface area contributed by atoms with Crippen LogP contribution in [0, 0.1) is 0 Å². The smallest absolute Gasteiger partial charge is 0.177 e. The van der Waals surface area contributed by atoms with Gasteiger partial charge in [-0.15, -0.1) is 0 Å². The molecule has 0 aromatic heterocycles. The molecule has 1 aliphatic heterocycles. The lowest BCUT2D eigenvalue weighted by molar-refractivity contribution is 0.915. The Kier molecular flexibility index (Phi) is 4.92. The summed E-state index contributed by atoms with van der Waals surface area (Å²) >= 11 is 13.5. The third kappa shape index (κ3) is 3.40. The summed E-state index contributed by atoms with van der Waals surface area (Å²) in [5.41, 5.74) is 4.90. The van der Waals surface area contributed by atoms with Gasteiger partial charge in [0.25, 0.3) is 0 Å². The van der Waals surface area contributed by atoms with Crippen molar-refractivity contribution in [2.75, 3.05) is 12.3 Å². The van der Waals surface area contributed by atoms with Crippen molar-refractivity contribution in [3.8, 4) is 0 Å². The Morgan fingerprint density at radius 2 is 2.22 bits per heavy atom. The highest BCUT2D eigenvalue weighted by molar-refractivity contribution is 8.14. The molecule has 0 bridgehead atoms. The summed E-state index contributed by atoms with van der Waals surface area (Å²) in [6.07, 6.45) is 1.04. The van der Waals surface area contributed by atoms with Crippen LogP contribution in [0.2, 0.25) is 10.0 Å². The number of nitrogens with zero attached hydrogens (tertiary/aromatic N) is 2. The van der Waals surface area contributed by atoms with Crippen molar-refractivity contribution < 1.29 is 0 Å². The zero-order valence-corrected chi connectivity index (χ0v) is 12.2. The highest BCUT2D eigenvalue weighted by atomic mass is 35.5. The first kappa shape index (κ1) is 13.7. The van der Waals surface area contributed by atoms with Gasteiger partial charge in [-0.2, -0.15) is 5.10 Å². The molecule has 1 N–H and O–H groups in total. The minimum atomic E-state index is 0.548. The number of nitrogens with one attached hydrogen (secondary N) is 1. The summed E-state index contributed by atoms with van der Waals surface area (Å²) in [5.74, 6) is 0.785. The molecule has 0 saturated carbocycles. The summed E-state index contributed by atoms with van der Waals surface area (Å²) in [4.78, 5) is 4.38. The Balaban J connectivity index is 2.11. The molecule has 0 atom stereocenters. The first-order chi connectivity index (χ1) is 8.70. The number of amidine groups is 1. The molecular formula is C12H13Cl2N3S. The van der Waals surface area contributed by atoms with E-state index in [0.717, 1.165) is 35.2 Å². The molecule has 0 aliphatic carbocycles. The van der Waals surface area contributed by atoms with Crippen LogP contribution in [0.25, 0.3) is 0 Å². The predicted molar refractivity (Wildman–Crippen MR) is 81.2 cm³/mol. The van der Waals surface area contributed by atoms with Gasteiger partial charge >= 0.3 is 0 Å². The molecule has 1 aliphatic rings. The van der Waals surface area contributed by atoms with Crippen molar-refractivity contribution in [2.45, 2.75) is 13.3 Å². The third-order valence-corrected chi connectivity index (χ3v) is 4.01. The topological polar surface area (TPSA) is 36.8 Å². The summed E-state index contributed by atoms with van der Waals surface area (Å²) in [5, 5.41) is 6.30. The summed E-state index contributed by atoms with van der Waals surface area (Å²) in [6.45, 7) is 2.93. The minimum Gasteiger partial charge on any atom is -0.261 e. The molecule has 6 heteroatoms. The number of halogens is 2. The van der Waals surface area contributed by atoms with Gasteiger partial charge in [0.05, 0.1) is 15.8 Å². The van der Waals surface area contributed by atoms with Crippen LogP contribution in [0.3, 0.4) is 0 Å². The van der Waals surface area contributed by atoms with Gasteiger partial charge in [0.15, 0.2) is 5.17 Å². The van der Waals surface area contributed by atoms with E-state index >= 15 is 0 Å². The average molecular weight is 302 g/mol. The largest absolute Gasteiger partial charge is 0.261 e. The van der Waals surface area contributed by atoms with Crippen LogP contribution in [0.15, 0.2) is 28.3 Å². The first-order valence-corrected chi connectivity index (χ1v) is 7.40. The van der Waals surface area contributed by atoms with Crippen molar-refractivity contribution in [1.82, 2.24) is 5.43 Å². The molecule has 2 rings (SSSR count). The highest BCUT2D eigenvalue weighted by Crippen LogP contribution is 2.24. The van der Waals surface area contributed by atoms with Gasteiger partial charge in [0.1, 0.15) is 0 Å². The molecule has 1 aromatic rings. The molecule has 1 heterocycles. The SMILES string of the molecule is CCCN=C1NN=C(c2ccc(Cl)c(Cl)c2)CS1. The normalized spacial score (nSPS) is 17.5. The van der Waals surface area contributed by atoms with Crippen molar-refractivity contribution in [2.24, 2.45) is 10.1 Å². The Bertz CT molecular complexity index is 500. The van der Waals surface area contributed by atoms with Crippen LogP contribution in [-0.4, -0.2) is 23.2 Å². The quantitative estimate of drug-likeness (QED) is 0.922. The van der Waals surface area contributed by atoms with E-state index in [1.165, 1.54) is 0 Å². The van der Waals surface area contributed by atoms with Crippen LogP contribution < -0.4 is 5.43 Å². The van der Waals surface area contributed by atoms with E-state index in [4.69, 9.17) is 23.2 Å². The number of hydrazone groups is 1. The zero-order chi connectivity index (χ0) is 13.0. The second kappa shape index (κ2) is 6.45. The maximum absolute atomic E-state index is 5.99. The molecule has 0 spiro atoms. The van der Waals surface area contributed by atoms with E-state index < -0.39 is 0 Å². The molecule has 3 nitrogen and oxygen atoms in total. The standard InChI is InChI=1S/C12H13Cl2N3S/c1-2-5-15-12-17-16-11(7-18-12)8-3-4-9(13)10(14)6-8/h3-4,6H,2,5,7H2,1H3,(H,15,17). The van der Waals surface area contributed by atoms with Crippen molar-refractivity contribution in [3.63, 3.8) is 0 Å². The van der Waals surface area contributed by atoms with Crippen LogP contribution >= 0.6 is 35.0 Å². The van der Waals surface area contributed by atoms with Gasteiger partial charge < -0.3 is 0 Å². The number of hydrogen-bond acceptors (Lipinski definition) is 3. The molecule has 18 heavy (non-hydrogen) atoms. The van der Waals surface area contributed by atoms with Gasteiger partial charge in [0, 0.05) is 17.9 Å². The third-order valence-electron chi connectivity index (χ3n) is 2.36. The van der Waals surface area contributed by atoms with Gasteiger partial charge in [0.2, 0.25) is 0 Å². The minimum absolute atomic E-state index is 0.548. The summed E-state index contributed by atoms with van der Waals surface area (Å²) in [7, 11) is 0. The van der Waals surface area contributed by atoms with E-state index in [2.05, 4.69) is 22.4 Å². The van der Waals surface area contributed by atoms with Crippen LogP contribution in [0.5, 0.6) is 0 Å². The fourth-order valence-electron chi connectivity index (χ4n) is 1.43. The molecule has 0 unspecified atom stereocenters. The molecule has 1 aromatic carbocycles. The van der Waals surface area contributed by atoms with Crippen LogP contribution in [-0.2, 0) is 0 Å². The Hall–Kier alpha value is -0.710. The predicted octanol–water partition coefficient (Wildman–Crippen LogP) is 3.80. The monoisotopic (exact) mass is 301 g/mol. The van der Waals surface area contributed by atoms with E-state index in [1.54, 1.807) is 17.8 Å². The van der Waals surface area contributed by atoms with Gasteiger partial charge in [-0.1, -0.05) is 48.0 Å². The zero-order valence-electron chi connectivity index (χ0n) is 9.91. The lowest BCUT2D eigenvalue weighted by Gasteiger charge is -2.15. The van der Waals surface area contributed by atoms with E-state index in [1.807, 2.05) is 12.1 Å². The lowest BCUT2D eigenvalue weighted by Crippen LogP contribution is -2.25. The molecular weight excluding hydrogens is 289 g/mol. The molecule has 0 amide bonds. The molecule has 0 saturated heterocycles. The molecule has 0 radical (unpaired) electrons. The second-order valence-electron chi connectivity index (χ2n) is 3.77. The Morgan fingerprint density at radius 1 is 1.39 bits per heavy atom. The number of benzene rings is 1. The fraction of sp³-hybridized carbons (Fsp3) is 0.333. The van der Waals surface area contributed by atoms with E-state index in [0.29, 0.717) is 10.0 Å². The first-order valence-electron chi connectivity index (χ1n) is 5.66. The van der Waals surface area contributed by atoms with E-state index in [-0.39, 0.29) is 0 Å². The summed E-state index contributed by atoms with van der Waals surface area (Å²) in [6, 6.07) is 5.54. The van der Waals surface area contributed by atoms with Gasteiger partial charge in [-0.05, 0) is 18.6 Å². The van der Waals surface area contributed by atoms with Gasteiger partial charge in [-0.25, -0.2) is 0 Å². The van der Waals surface area contributed by atoms with Gasteiger partial charge in [-0.3, -0.25) is 10.4 Å². The number of hydrogen-bond donors (Lipinski definition) is 1. The summed E-state index contributed by atoms with van der Waals surface area (Å²) < 4.78 is 0. The maximum atomic E-state index is 5.99. The Labute approximate surface area is 121 Å². The fourth-order valence-corrected chi connectivity index (χ4v) is 2.53. The maximum Gasteiger partial charge on any atom is 0.177 e. The Morgan fingerprint density at radius 3 is 2.83 bits per heavy atom. The number of rotatable bonds is 3. The number of thioether (sulfide) groups is 1. The van der Waals surface area contributed by atoms with E-state index in [9.17, 15) is 0 Å². The lowest BCUT2D eigenvalue weighted by atomic mass is 10.1. The van der Waals surface area contributed by atoms with Crippen molar-refractivity contribution >= 4 is 45.8 Å². The highest BCUT2D eigenvalue weighted by Gasteiger charge is 2.13. The van der Waals surface area contributed by atoms with Crippen LogP contribution in [0.1, 0.15) is 18.9 Å². The average Bonchev–Trinajstić information content (AvgIpc) is 2.40. The molecule has 96 valence electrons. The van der Waals surface area contributed by atoms with Crippen LogP contribution in [0.4, 0.5) is 0 Å². The second-order valence-corrected chi connectivity index (χ2v) is 5.55. The van der Waals surface area contributed by atoms with Crippen molar-refractivity contribution in [1.29, 1.82) is 0 Å².